The van der Waals surface area contributed by atoms with Gasteiger partial charge < -0.3 is 16.0 Å². The molecule has 3 heterocycles. The van der Waals surface area contributed by atoms with Gasteiger partial charge in [-0.25, -0.2) is 4.98 Å². The molecule has 2 amide bonds. The van der Waals surface area contributed by atoms with E-state index < -0.39 is 0 Å². The monoisotopic (exact) mass is 549 g/mol. The largest absolute Gasteiger partial charge is 0.352 e. The number of hydrogen-bond acceptors (Lipinski definition) is 8. The second kappa shape index (κ2) is 9.37. The van der Waals surface area contributed by atoms with E-state index in [1.807, 2.05) is 24.5 Å². The van der Waals surface area contributed by atoms with Crippen molar-refractivity contribution in [3.63, 3.8) is 0 Å². The van der Waals surface area contributed by atoms with Crippen molar-refractivity contribution in [3.8, 4) is 0 Å². The number of pyridine rings is 1. The fourth-order valence-electron chi connectivity index (χ4n) is 5.72. The number of carbonyl (C=O) groups excluding carboxylic acids is 2. The number of rotatable bonds is 9. The minimum atomic E-state index is -0.0672. The van der Waals surface area contributed by atoms with E-state index >= 15 is 0 Å². The maximum atomic E-state index is 13.5. The number of anilines is 3. The van der Waals surface area contributed by atoms with Gasteiger partial charge in [0.15, 0.2) is 0 Å². The highest BCUT2D eigenvalue weighted by atomic mass is 32.2. The number of thiophene rings is 1. The predicted octanol–water partition coefficient (Wildman–Crippen LogP) is 4.81. The van der Waals surface area contributed by atoms with Crippen molar-refractivity contribution in [2.75, 3.05) is 23.4 Å². The first kappa shape index (κ1) is 24.1. The highest BCUT2D eigenvalue weighted by Gasteiger charge is 2.65. The molecule has 3 aromatic rings. The summed E-state index contributed by atoms with van der Waals surface area (Å²) in [5, 5.41) is 19.8. The Kier molecular flexibility index (Phi) is 5.95. The third kappa shape index (κ3) is 4.59. The second-order valence-corrected chi connectivity index (χ2v) is 13.0. The van der Waals surface area contributed by atoms with Gasteiger partial charge in [-0.3, -0.25) is 14.2 Å². The minimum absolute atomic E-state index is 0.0672. The zero-order valence-corrected chi connectivity index (χ0v) is 23.0. The van der Waals surface area contributed by atoms with Gasteiger partial charge in [-0.05, 0) is 86.7 Å². The number of nitrogens with zero attached hydrogens (tertiary/aromatic N) is 4. The summed E-state index contributed by atoms with van der Waals surface area (Å²) in [6.07, 6.45) is 11.9. The normalized spacial score (nSPS) is 22.6. The lowest BCUT2D eigenvalue weighted by Gasteiger charge is -2.25. The summed E-state index contributed by atoms with van der Waals surface area (Å²) in [6, 6.07) is 5.95. The number of aryl methyl sites for hydroxylation is 1. The molecule has 3 saturated carbocycles. The van der Waals surface area contributed by atoms with Crippen LogP contribution in [0.15, 0.2) is 29.6 Å². The molecule has 2 atom stereocenters. The lowest BCUT2D eigenvalue weighted by molar-refractivity contribution is -0.117. The van der Waals surface area contributed by atoms with Gasteiger partial charge in [0, 0.05) is 23.4 Å². The van der Waals surface area contributed by atoms with Crippen LogP contribution in [0.2, 0.25) is 0 Å². The van der Waals surface area contributed by atoms with Crippen LogP contribution in [-0.4, -0.2) is 44.4 Å². The Morgan fingerprint density at radius 1 is 1.24 bits per heavy atom. The summed E-state index contributed by atoms with van der Waals surface area (Å²) >= 11 is 3.17. The molecule has 38 heavy (non-hydrogen) atoms. The summed E-state index contributed by atoms with van der Waals surface area (Å²) in [7, 11) is 0. The molecule has 0 aromatic carbocycles. The van der Waals surface area contributed by atoms with Crippen LogP contribution >= 0.6 is 23.1 Å². The van der Waals surface area contributed by atoms with E-state index in [-0.39, 0.29) is 29.2 Å². The van der Waals surface area contributed by atoms with E-state index in [2.05, 4.69) is 35.7 Å². The lowest BCUT2D eigenvalue weighted by atomic mass is 9.91. The van der Waals surface area contributed by atoms with E-state index in [0.717, 1.165) is 53.5 Å². The van der Waals surface area contributed by atoms with Crippen molar-refractivity contribution in [2.45, 2.75) is 62.4 Å². The van der Waals surface area contributed by atoms with E-state index in [9.17, 15) is 9.59 Å². The molecule has 3 N–H and O–H groups in total. The molecular weight excluding hydrogens is 518 g/mol. The highest BCUT2D eigenvalue weighted by molar-refractivity contribution is 7.98. The van der Waals surface area contributed by atoms with Crippen LogP contribution < -0.4 is 16.0 Å². The van der Waals surface area contributed by atoms with Crippen LogP contribution in [0.1, 0.15) is 65.4 Å². The Bertz CT molecular complexity index is 1410. The predicted molar refractivity (Wildman–Crippen MR) is 148 cm³/mol. The molecule has 0 aliphatic heterocycles. The standard InChI is InChI=1S/C27H31N7O2S2/c1-37-21-4-2-3-20(30-21)31-26-33-29-14-34(26)16-7-8-19-17(11-16)22(24(36)28-13-15-5-6-15)25(38-19)32-23(35)18-12-27(18)9-10-27/h2-4,14-16,18H,5-13H2,1H3,(H,28,36)(H,32,35)(H,30,31,33)/t16-,18?/m0/s1. The average molecular weight is 550 g/mol. The van der Waals surface area contributed by atoms with Crippen molar-refractivity contribution in [3.05, 3.63) is 40.5 Å². The molecule has 1 unspecified atom stereocenters. The molecule has 4 aliphatic rings. The van der Waals surface area contributed by atoms with Gasteiger partial charge in [-0.15, -0.1) is 33.3 Å². The summed E-state index contributed by atoms with van der Waals surface area (Å²) < 4.78 is 2.05. The number of carbonyl (C=O) groups is 2. The van der Waals surface area contributed by atoms with Gasteiger partial charge in [0.1, 0.15) is 17.1 Å². The number of hydrogen-bond donors (Lipinski definition) is 3. The van der Waals surface area contributed by atoms with Gasteiger partial charge in [-0.2, -0.15) is 0 Å². The number of fused-ring (bicyclic) bond motifs is 1. The van der Waals surface area contributed by atoms with Gasteiger partial charge in [-0.1, -0.05) is 6.07 Å². The first-order chi connectivity index (χ1) is 18.5. The average Bonchev–Trinajstić information content (AvgIpc) is 3.89. The molecule has 9 nitrogen and oxygen atoms in total. The van der Waals surface area contributed by atoms with Crippen LogP contribution in [0.4, 0.5) is 16.8 Å². The Balaban J connectivity index is 1.14. The smallest absolute Gasteiger partial charge is 0.254 e. The van der Waals surface area contributed by atoms with Crippen LogP contribution in [0.3, 0.4) is 0 Å². The minimum Gasteiger partial charge on any atom is -0.352 e. The third-order valence-corrected chi connectivity index (χ3v) is 10.3. The molecule has 7 rings (SSSR count). The topological polar surface area (TPSA) is 114 Å². The Morgan fingerprint density at radius 2 is 2.11 bits per heavy atom. The quantitative estimate of drug-likeness (QED) is 0.328. The Morgan fingerprint density at radius 3 is 2.87 bits per heavy atom. The molecule has 0 radical (unpaired) electrons. The van der Waals surface area contributed by atoms with Crippen LogP contribution in [0.25, 0.3) is 0 Å². The summed E-state index contributed by atoms with van der Waals surface area (Å²) in [6.45, 7) is 0.702. The number of thioether (sulfide) groups is 1. The Labute approximate surface area is 229 Å². The zero-order chi connectivity index (χ0) is 25.9. The molecular formula is C27H31N7O2S2. The van der Waals surface area contributed by atoms with Crippen LogP contribution in [0.5, 0.6) is 0 Å². The third-order valence-electron chi connectivity index (χ3n) is 8.48. The molecule has 3 fully saturated rings. The van der Waals surface area contributed by atoms with E-state index in [4.69, 9.17) is 0 Å². The summed E-state index contributed by atoms with van der Waals surface area (Å²) in [4.78, 5) is 32.3. The molecule has 198 valence electrons. The first-order valence-electron chi connectivity index (χ1n) is 13.4. The van der Waals surface area contributed by atoms with Gasteiger partial charge in [0.05, 0.1) is 10.6 Å². The second-order valence-electron chi connectivity index (χ2n) is 11.1. The maximum Gasteiger partial charge on any atom is 0.254 e. The van der Waals surface area contributed by atoms with Gasteiger partial charge >= 0.3 is 0 Å². The fraction of sp³-hybridized carbons (Fsp3) is 0.519. The SMILES string of the molecule is CSc1cccc(Nc2nncn2[C@H]2CCc3sc(NC(=O)C4CC45CC5)c(C(=O)NCC4CC4)c3C2)n1. The molecule has 3 aromatic heterocycles. The van der Waals surface area contributed by atoms with Crippen molar-refractivity contribution in [1.82, 2.24) is 25.1 Å². The molecule has 0 saturated heterocycles. The van der Waals surface area contributed by atoms with Crippen molar-refractivity contribution < 1.29 is 9.59 Å². The summed E-state index contributed by atoms with van der Waals surface area (Å²) in [5.41, 5.74) is 1.99. The van der Waals surface area contributed by atoms with Crippen molar-refractivity contribution in [2.24, 2.45) is 17.3 Å². The number of amides is 2. The number of aromatic nitrogens is 4. The van der Waals surface area contributed by atoms with Crippen molar-refractivity contribution >= 4 is 51.7 Å². The van der Waals surface area contributed by atoms with Crippen LogP contribution in [0, 0.1) is 17.3 Å². The van der Waals surface area contributed by atoms with Gasteiger partial charge in [0.2, 0.25) is 11.9 Å². The summed E-state index contributed by atoms with van der Waals surface area (Å²) in [5.74, 6) is 2.07. The first-order valence-corrected chi connectivity index (χ1v) is 15.5. The van der Waals surface area contributed by atoms with Crippen molar-refractivity contribution in [1.29, 1.82) is 0 Å². The fourth-order valence-corrected chi connectivity index (χ4v) is 7.37. The van der Waals surface area contributed by atoms with Crippen LogP contribution in [-0.2, 0) is 17.6 Å². The molecule has 4 aliphatic carbocycles. The van der Waals surface area contributed by atoms with E-state index in [1.54, 1.807) is 29.4 Å². The number of nitrogens with one attached hydrogen (secondary N) is 3. The Hall–Kier alpha value is -2.92. The van der Waals surface area contributed by atoms with E-state index in [1.165, 1.54) is 17.7 Å². The molecule has 1 spiro atoms. The zero-order valence-electron chi connectivity index (χ0n) is 21.3. The highest BCUT2D eigenvalue weighted by Crippen LogP contribution is 2.70. The van der Waals surface area contributed by atoms with Gasteiger partial charge in [0.25, 0.3) is 5.91 Å². The molecule has 11 heteroatoms. The van der Waals surface area contributed by atoms with E-state index in [0.29, 0.717) is 30.4 Å². The molecule has 0 bridgehead atoms. The maximum absolute atomic E-state index is 13.5. The lowest BCUT2D eigenvalue weighted by Crippen LogP contribution is -2.29.